The van der Waals surface area contributed by atoms with Crippen molar-refractivity contribution >= 4 is 35.0 Å². The van der Waals surface area contributed by atoms with Gasteiger partial charge in [-0.2, -0.15) is 5.26 Å². The van der Waals surface area contributed by atoms with Gasteiger partial charge in [-0.25, -0.2) is 0 Å². The molecule has 0 aromatic heterocycles. The number of hydrogen-bond donors (Lipinski definition) is 1. The largest absolute Gasteiger partial charge is 0.369 e. The molecule has 2 atom stereocenters. The van der Waals surface area contributed by atoms with Crippen LogP contribution in [-0.2, 0) is 4.79 Å². The predicted octanol–water partition coefficient (Wildman–Crippen LogP) is 3.21. The van der Waals surface area contributed by atoms with Gasteiger partial charge in [0.05, 0.1) is 27.6 Å². The maximum Gasteiger partial charge on any atom is 0.253 e. The molecule has 1 aliphatic rings. The molecule has 5 nitrogen and oxygen atoms in total. The first-order valence-corrected chi connectivity index (χ1v) is 8.70. The predicted molar refractivity (Wildman–Crippen MR) is 98.9 cm³/mol. The van der Waals surface area contributed by atoms with Gasteiger partial charge in [0, 0.05) is 24.6 Å². The molecular formula is C19H15Cl2N3O2. The summed E-state index contributed by atoms with van der Waals surface area (Å²) in [5.41, 5.74) is 7.32. The highest BCUT2D eigenvalue weighted by Gasteiger charge is 2.39. The number of benzene rings is 2. The third kappa shape index (κ3) is 3.52. The van der Waals surface area contributed by atoms with E-state index in [1.165, 1.54) is 0 Å². The molecule has 2 aromatic rings. The zero-order valence-electron chi connectivity index (χ0n) is 13.7. The Balaban J connectivity index is 1.86. The van der Waals surface area contributed by atoms with Crippen molar-refractivity contribution < 1.29 is 9.59 Å². The minimum Gasteiger partial charge on any atom is -0.369 e. The van der Waals surface area contributed by atoms with Crippen LogP contribution in [0.1, 0.15) is 27.4 Å². The average molecular weight is 388 g/mol. The standard InChI is InChI=1S/C19H15Cl2N3O2/c20-16-6-5-13(7-17(16)21)14-9-24(10-15(14)18(23)25)19(26)12-3-1-11(8-22)2-4-12/h1-7,14-15H,9-10H2,(H2,23,25). The Morgan fingerprint density at radius 3 is 2.35 bits per heavy atom. The number of likely N-dealkylation sites (tertiary alicyclic amines) is 1. The summed E-state index contributed by atoms with van der Waals surface area (Å²) in [5.74, 6) is -1.42. The number of hydrogen-bond acceptors (Lipinski definition) is 3. The zero-order valence-corrected chi connectivity index (χ0v) is 15.2. The molecule has 132 valence electrons. The van der Waals surface area contributed by atoms with Gasteiger partial charge in [0.2, 0.25) is 5.91 Å². The van der Waals surface area contributed by atoms with Crippen molar-refractivity contribution in [3.8, 4) is 6.07 Å². The second-order valence-corrected chi connectivity index (χ2v) is 7.00. The highest BCUT2D eigenvalue weighted by Crippen LogP contribution is 2.36. The Kier molecular flexibility index (Phi) is 5.17. The van der Waals surface area contributed by atoms with E-state index < -0.39 is 11.8 Å². The number of nitrogens with zero attached hydrogens (tertiary/aromatic N) is 2. The van der Waals surface area contributed by atoms with Gasteiger partial charge in [0.1, 0.15) is 0 Å². The molecule has 0 spiro atoms. The summed E-state index contributed by atoms with van der Waals surface area (Å²) in [6.07, 6.45) is 0. The van der Waals surface area contributed by atoms with E-state index in [1.807, 2.05) is 6.07 Å². The lowest BCUT2D eigenvalue weighted by Crippen LogP contribution is -2.32. The fourth-order valence-corrected chi connectivity index (χ4v) is 3.52. The molecule has 0 saturated carbocycles. The van der Waals surface area contributed by atoms with E-state index in [2.05, 4.69) is 0 Å². The van der Waals surface area contributed by atoms with Gasteiger partial charge in [0.25, 0.3) is 5.91 Å². The zero-order chi connectivity index (χ0) is 18.8. The lowest BCUT2D eigenvalue weighted by Gasteiger charge is -2.17. The van der Waals surface area contributed by atoms with Crippen LogP contribution in [0.15, 0.2) is 42.5 Å². The lowest BCUT2D eigenvalue weighted by molar-refractivity contribution is -0.121. The number of amides is 2. The van der Waals surface area contributed by atoms with Crippen LogP contribution in [0.25, 0.3) is 0 Å². The van der Waals surface area contributed by atoms with Gasteiger partial charge >= 0.3 is 0 Å². The van der Waals surface area contributed by atoms with Gasteiger partial charge in [0.15, 0.2) is 0 Å². The Labute approximate surface area is 160 Å². The van der Waals surface area contributed by atoms with Crippen LogP contribution in [0.5, 0.6) is 0 Å². The molecule has 1 saturated heterocycles. The molecule has 2 N–H and O–H groups in total. The number of primary amides is 1. The summed E-state index contributed by atoms with van der Waals surface area (Å²) in [6.45, 7) is 0.587. The van der Waals surface area contributed by atoms with Crippen LogP contribution >= 0.6 is 23.2 Å². The summed E-state index contributed by atoms with van der Waals surface area (Å²) in [6, 6.07) is 13.6. The van der Waals surface area contributed by atoms with Crippen LogP contribution in [0.4, 0.5) is 0 Å². The summed E-state index contributed by atoms with van der Waals surface area (Å²) < 4.78 is 0. The number of nitrogens with two attached hydrogens (primary N) is 1. The van der Waals surface area contributed by atoms with Gasteiger partial charge in [-0.3, -0.25) is 9.59 Å². The molecule has 0 radical (unpaired) electrons. The Hall–Kier alpha value is -2.55. The minimum absolute atomic E-state index is 0.205. The monoisotopic (exact) mass is 387 g/mol. The van der Waals surface area contributed by atoms with Crippen molar-refractivity contribution in [3.63, 3.8) is 0 Å². The second kappa shape index (κ2) is 7.36. The smallest absolute Gasteiger partial charge is 0.253 e. The van der Waals surface area contributed by atoms with E-state index in [0.717, 1.165) is 5.56 Å². The normalized spacial score (nSPS) is 19.2. The fourth-order valence-electron chi connectivity index (χ4n) is 3.21. The first kappa shape index (κ1) is 18.2. The topological polar surface area (TPSA) is 87.2 Å². The molecule has 26 heavy (non-hydrogen) atoms. The number of halogens is 2. The Morgan fingerprint density at radius 1 is 1.08 bits per heavy atom. The van der Waals surface area contributed by atoms with Crippen molar-refractivity contribution in [3.05, 3.63) is 69.2 Å². The molecule has 7 heteroatoms. The van der Waals surface area contributed by atoms with Crippen LogP contribution in [0.2, 0.25) is 10.0 Å². The van der Waals surface area contributed by atoms with Crippen LogP contribution in [0, 0.1) is 17.2 Å². The lowest BCUT2D eigenvalue weighted by atomic mass is 9.88. The van der Waals surface area contributed by atoms with E-state index >= 15 is 0 Å². The number of rotatable bonds is 3. The highest BCUT2D eigenvalue weighted by molar-refractivity contribution is 6.42. The number of nitriles is 1. The van der Waals surface area contributed by atoms with Crippen LogP contribution in [0.3, 0.4) is 0 Å². The average Bonchev–Trinajstić information content (AvgIpc) is 3.09. The maximum absolute atomic E-state index is 12.8. The first-order valence-electron chi connectivity index (χ1n) is 7.94. The third-order valence-corrected chi connectivity index (χ3v) is 5.34. The van der Waals surface area contributed by atoms with E-state index in [4.69, 9.17) is 34.2 Å². The quantitative estimate of drug-likeness (QED) is 0.876. The molecular weight excluding hydrogens is 373 g/mol. The molecule has 1 fully saturated rings. The molecule has 0 aliphatic carbocycles. The SMILES string of the molecule is N#Cc1ccc(C(=O)N2CC(C(N)=O)C(c3ccc(Cl)c(Cl)c3)C2)cc1. The Bertz CT molecular complexity index is 906. The van der Waals surface area contributed by atoms with Crippen molar-refractivity contribution in [1.82, 2.24) is 4.90 Å². The van der Waals surface area contributed by atoms with E-state index in [9.17, 15) is 9.59 Å². The summed E-state index contributed by atoms with van der Waals surface area (Å²) in [4.78, 5) is 26.3. The van der Waals surface area contributed by atoms with Gasteiger partial charge < -0.3 is 10.6 Å². The van der Waals surface area contributed by atoms with Crippen molar-refractivity contribution in [1.29, 1.82) is 5.26 Å². The molecule has 1 aliphatic heterocycles. The van der Waals surface area contributed by atoms with E-state index in [-0.39, 0.29) is 18.4 Å². The Morgan fingerprint density at radius 2 is 1.77 bits per heavy atom. The minimum atomic E-state index is -0.505. The van der Waals surface area contributed by atoms with Gasteiger partial charge in [-0.05, 0) is 42.0 Å². The van der Waals surface area contributed by atoms with E-state index in [1.54, 1.807) is 47.4 Å². The summed E-state index contributed by atoms with van der Waals surface area (Å²) in [5, 5.41) is 9.68. The molecule has 1 heterocycles. The van der Waals surface area contributed by atoms with Crippen LogP contribution in [-0.4, -0.2) is 29.8 Å². The maximum atomic E-state index is 12.8. The molecule has 3 rings (SSSR count). The highest BCUT2D eigenvalue weighted by atomic mass is 35.5. The second-order valence-electron chi connectivity index (χ2n) is 6.19. The third-order valence-electron chi connectivity index (χ3n) is 4.61. The van der Waals surface area contributed by atoms with Gasteiger partial charge in [-0.1, -0.05) is 29.3 Å². The molecule has 2 amide bonds. The van der Waals surface area contributed by atoms with Crippen molar-refractivity contribution in [2.45, 2.75) is 5.92 Å². The molecule has 0 bridgehead atoms. The van der Waals surface area contributed by atoms with Crippen molar-refractivity contribution in [2.24, 2.45) is 11.7 Å². The van der Waals surface area contributed by atoms with E-state index in [0.29, 0.717) is 27.7 Å². The molecule has 2 aromatic carbocycles. The fraction of sp³-hybridized carbons (Fsp3) is 0.211. The summed E-state index contributed by atoms with van der Waals surface area (Å²) in [7, 11) is 0. The number of carbonyl (C=O) groups excluding carboxylic acids is 2. The van der Waals surface area contributed by atoms with Crippen LogP contribution < -0.4 is 5.73 Å². The first-order chi connectivity index (χ1) is 12.4. The molecule has 2 unspecified atom stereocenters. The number of carbonyl (C=O) groups is 2. The summed E-state index contributed by atoms with van der Waals surface area (Å²) >= 11 is 12.0. The van der Waals surface area contributed by atoms with Crippen molar-refractivity contribution in [2.75, 3.05) is 13.1 Å². The van der Waals surface area contributed by atoms with Gasteiger partial charge in [-0.15, -0.1) is 0 Å².